The van der Waals surface area contributed by atoms with Crippen LogP contribution in [0.25, 0.3) is 0 Å². The molecular weight excluding hydrogens is 303 g/mol. The van der Waals surface area contributed by atoms with Crippen LogP contribution in [0.5, 0.6) is 0 Å². The predicted molar refractivity (Wildman–Crippen MR) is 86.8 cm³/mol. The van der Waals surface area contributed by atoms with Crippen LogP contribution in [0.2, 0.25) is 0 Å². The second kappa shape index (κ2) is 8.19. The summed E-state index contributed by atoms with van der Waals surface area (Å²) in [4.78, 5) is 17.7. The fraction of sp³-hybridized carbons (Fsp3) is 0.125. The van der Waals surface area contributed by atoms with Gasteiger partial charge in [0.1, 0.15) is 5.82 Å². The first-order chi connectivity index (χ1) is 10.7. The number of anilines is 1. The van der Waals surface area contributed by atoms with E-state index in [0.717, 1.165) is 4.90 Å². The molecule has 6 heteroatoms. The molecule has 0 saturated carbocycles. The van der Waals surface area contributed by atoms with E-state index in [4.69, 9.17) is 4.84 Å². The Balaban J connectivity index is 1.80. The smallest absolute Gasteiger partial charge is 0.265 e. The number of carbonyl (C=O) groups excluding carboxylic acids is 1. The maximum atomic E-state index is 12.9. The summed E-state index contributed by atoms with van der Waals surface area (Å²) in [6, 6.07) is 13.4. The highest BCUT2D eigenvalue weighted by Gasteiger charge is 2.03. The highest BCUT2D eigenvalue weighted by atomic mass is 32.2. The van der Waals surface area contributed by atoms with Gasteiger partial charge in [0.25, 0.3) is 5.91 Å². The Kier molecular flexibility index (Phi) is 5.97. The first kappa shape index (κ1) is 16.0. The molecule has 2 aromatic rings. The molecule has 0 fully saturated rings. The molecule has 22 heavy (non-hydrogen) atoms. The summed E-state index contributed by atoms with van der Waals surface area (Å²) >= 11 is 1.59. The van der Waals surface area contributed by atoms with E-state index in [0.29, 0.717) is 11.3 Å². The summed E-state index contributed by atoms with van der Waals surface area (Å²) in [5, 5.41) is 6.35. The molecule has 1 N–H and O–H groups in total. The molecule has 0 aliphatic heterocycles. The summed E-state index contributed by atoms with van der Waals surface area (Å²) < 4.78 is 12.9. The van der Waals surface area contributed by atoms with Crippen LogP contribution in [0.3, 0.4) is 0 Å². The summed E-state index contributed by atoms with van der Waals surface area (Å²) in [5.41, 5.74) is 1.27. The van der Waals surface area contributed by atoms with Gasteiger partial charge in [0.05, 0.1) is 6.21 Å². The lowest BCUT2D eigenvalue weighted by molar-refractivity contribution is -0.120. The van der Waals surface area contributed by atoms with Crippen LogP contribution in [-0.4, -0.2) is 25.0 Å². The average molecular weight is 318 g/mol. The van der Waals surface area contributed by atoms with Crippen molar-refractivity contribution < 1.29 is 14.0 Å². The fourth-order valence-electron chi connectivity index (χ4n) is 1.68. The standard InChI is InChI=1S/C16H15FN2O2S/c1-22-15-7-3-6-14(9-15)19-16(20)11-21-18-10-12-4-2-5-13(17)8-12/h2-10H,11H2,1H3,(H,19,20)/b18-10-. The summed E-state index contributed by atoms with van der Waals surface area (Å²) in [7, 11) is 0. The van der Waals surface area contributed by atoms with Crippen LogP contribution in [-0.2, 0) is 9.63 Å². The number of benzene rings is 2. The third kappa shape index (κ3) is 5.21. The van der Waals surface area contributed by atoms with E-state index in [2.05, 4.69) is 10.5 Å². The maximum absolute atomic E-state index is 12.9. The minimum atomic E-state index is -0.352. The monoisotopic (exact) mass is 318 g/mol. The van der Waals surface area contributed by atoms with Crippen molar-refractivity contribution in [2.45, 2.75) is 4.90 Å². The molecule has 0 bridgehead atoms. The Morgan fingerprint density at radius 1 is 1.32 bits per heavy atom. The van der Waals surface area contributed by atoms with Gasteiger partial charge >= 0.3 is 0 Å². The van der Waals surface area contributed by atoms with Gasteiger partial charge in [-0.25, -0.2) is 4.39 Å². The largest absolute Gasteiger partial charge is 0.386 e. The number of carbonyl (C=O) groups is 1. The number of rotatable bonds is 6. The third-order valence-electron chi connectivity index (χ3n) is 2.67. The number of amides is 1. The van der Waals surface area contributed by atoms with E-state index in [-0.39, 0.29) is 18.3 Å². The van der Waals surface area contributed by atoms with Gasteiger partial charge in [0.2, 0.25) is 0 Å². The van der Waals surface area contributed by atoms with E-state index >= 15 is 0 Å². The van der Waals surface area contributed by atoms with Gasteiger partial charge in [-0.2, -0.15) is 0 Å². The maximum Gasteiger partial charge on any atom is 0.265 e. The quantitative estimate of drug-likeness (QED) is 0.503. The van der Waals surface area contributed by atoms with Crippen LogP contribution in [0.1, 0.15) is 5.56 Å². The highest BCUT2D eigenvalue weighted by Crippen LogP contribution is 2.18. The van der Waals surface area contributed by atoms with Crippen LogP contribution < -0.4 is 5.32 Å². The normalized spacial score (nSPS) is 10.6. The minimum absolute atomic E-state index is 0.213. The summed E-state index contributed by atoms with van der Waals surface area (Å²) in [6.07, 6.45) is 3.32. The molecule has 4 nitrogen and oxygen atoms in total. The predicted octanol–water partition coefficient (Wildman–Crippen LogP) is 3.54. The van der Waals surface area contributed by atoms with E-state index in [1.807, 2.05) is 24.5 Å². The number of nitrogens with one attached hydrogen (secondary N) is 1. The van der Waals surface area contributed by atoms with Gasteiger partial charge in [-0.15, -0.1) is 11.8 Å². The van der Waals surface area contributed by atoms with Crippen LogP contribution >= 0.6 is 11.8 Å². The lowest BCUT2D eigenvalue weighted by atomic mass is 10.2. The zero-order chi connectivity index (χ0) is 15.8. The van der Waals surface area contributed by atoms with Crippen LogP contribution in [0, 0.1) is 5.82 Å². The van der Waals surface area contributed by atoms with Crippen molar-refractivity contribution in [2.75, 3.05) is 18.2 Å². The van der Waals surface area contributed by atoms with Gasteiger partial charge in [0.15, 0.2) is 6.61 Å². The molecule has 0 radical (unpaired) electrons. The number of nitrogens with zero attached hydrogens (tertiary/aromatic N) is 1. The lowest BCUT2D eigenvalue weighted by Gasteiger charge is -2.05. The summed E-state index contributed by atoms with van der Waals surface area (Å²) in [5.74, 6) is -0.662. The molecular formula is C16H15FN2O2S. The van der Waals surface area contributed by atoms with Crippen molar-refractivity contribution in [1.82, 2.24) is 0 Å². The Morgan fingerprint density at radius 2 is 2.14 bits per heavy atom. The molecule has 1 amide bonds. The molecule has 0 unspecified atom stereocenters. The summed E-state index contributed by atoms with van der Waals surface area (Å²) in [6.45, 7) is -0.213. The fourth-order valence-corrected chi connectivity index (χ4v) is 2.14. The molecule has 0 aliphatic carbocycles. The Labute approximate surface area is 132 Å². The highest BCUT2D eigenvalue weighted by molar-refractivity contribution is 7.98. The molecule has 114 valence electrons. The first-order valence-electron chi connectivity index (χ1n) is 6.52. The van der Waals surface area contributed by atoms with Gasteiger partial charge in [-0.1, -0.05) is 23.4 Å². The molecule has 2 rings (SSSR count). The Hall–Kier alpha value is -2.34. The molecule has 0 atom stereocenters. The molecule has 0 aromatic heterocycles. The third-order valence-corrected chi connectivity index (χ3v) is 3.40. The zero-order valence-electron chi connectivity index (χ0n) is 12.0. The average Bonchev–Trinajstić information content (AvgIpc) is 2.52. The zero-order valence-corrected chi connectivity index (χ0v) is 12.8. The number of hydrogen-bond donors (Lipinski definition) is 1. The minimum Gasteiger partial charge on any atom is -0.386 e. The SMILES string of the molecule is CSc1cccc(NC(=O)CO/N=C\c2cccc(F)c2)c1. The van der Waals surface area contributed by atoms with Gasteiger partial charge in [-0.05, 0) is 42.2 Å². The second-order valence-corrected chi connectivity index (χ2v) is 5.22. The van der Waals surface area contributed by atoms with Crippen molar-refractivity contribution in [2.24, 2.45) is 5.16 Å². The van der Waals surface area contributed by atoms with E-state index < -0.39 is 0 Å². The number of hydrogen-bond acceptors (Lipinski definition) is 4. The topological polar surface area (TPSA) is 50.7 Å². The second-order valence-electron chi connectivity index (χ2n) is 4.34. The van der Waals surface area contributed by atoms with Crippen LogP contribution in [0.4, 0.5) is 10.1 Å². The van der Waals surface area contributed by atoms with Crippen molar-refractivity contribution in [3.8, 4) is 0 Å². The molecule has 0 heterocycles. The van der Waals surface area contributed by atoms with Gasteiger partial charge < -0.3 is 10.2 Å². The van der Waals surface area contributed by atoms with Crippen molar-refractivity contribution in [3.05, 3.63) is 59.9 Å². The van der Waals surface area contributed by atoms with Crippen molar-refractivity contribution >= 4 is 29.6 Å². The van der Waals surface area contributed by atoms with Crippen LogP contribution in [0.15, 0.2) is 58.6 Å². The molecule has 0 aliphatic rings. The van der Waals surface area contributed by atoms with E-state index in [1.165, 1.54) is 18.3 Å². The van der Waals surface area contributed by atoms with Crippen molar-refractivity contribution in [1.29, 1.82) is 0 Å². The molecule has 0 saturated heterocycles. The van der Waals surface area contributed by atoms with Crippen molar-refractivity contribution in [3.63, 3.8) is 0 Å². The van der Waals surface area contributed by atoms with Gasteiger partial charge in [-0.3, -0.25) is 4.79 Å². The Bertz CT molecular complexity index is 677. The number of halogens is 1. The van der Waals surface area contributed by atoms with E-state index in [9.17, 15) is 9.18 Å². The number of thioether (sulfide) groups is 1. The number of oxime groups is 1. The Morgan fingerprint density at radius 3 is 2.91 bits per heavy atom. The lowest BCUT2D eigenvalue weighted by Crippen LogP contribution is -2.16. The molecule has 2 aromatic carbocycles. The van der Waals surface area contributed by atoms with Gasteiger partial charge in [0, 0.05) is 10.6 Å². The molecule has 0 spiro atoms. The first-order valence-corrected chi connectivity index (χ1v) is 7.74. The van der Waals surface area contributed by atoms with E-state index in [1.54, 1.807) is 30.0 Å².